The van der Waals surface area contributed by atoms with Gasteiger partial charge in [0.05, 0.1) is 37.1 Å². The minimum absolute atomic E-state index is 0.429. The van der Waals surface area contributed by atoms with Crippen molar-refractivity contribution in [1.29, 1.82) is 0 Å². The minimum Gasteiger partial charge on any atom is -0.378 e. The van der Waals surface area contributed by atoms with Crippen LogP contribution in [0.15, 0.2) is 0 Å². The molecule has 4 fully saturated rings. The molecule has 0 N–H and O–H groups in total. The molecule has 0 aromatic heterocycles. The van der Waals surface area contributed by atoms with Gasteiger partial charge in [0.25, 0.3) is 0 Å². The van der Waals surface area contributed by atoms with Gasteiger partial charge in [-0.05, 0) is 37.0 Å². The highest BCUT2D eigenvalue weighted by Gasteiger charge is 2.49. The predicted octanol–water partition coefficient (Wildman–Crippen LogP) is 2.38. The van der Waals surface area contributed by atoms with Crippen molar-refractivity contribution in [3.05, 3.63) is 0 Å². The van der Waals surface area contributed by atoms with Crippen LogP contribution in [-0.2, 0) is 14.2 Å². The Morgan fingerprint density at radius 1 is 0.833 bits per heavy atom. The monoisotopic (exact) mass is 252 g/mol. The highest BCUT2D eigenvalue weighted by atomic mass is 16.6. The highest BCUT2D eigenvalue weighted by molar-refractivity contribution is 4.97. The van der Waals surface area contributed by atoms with Crippen molar-refractivity contribution in [2.75, 3.05) is 6.61 Å². The van der Waals surface area contributed by atoms with Crippen LogP contribution in [0.1, 0.15) is 39.5 Å². The van der Waals surface area contributed by atoms with E-state index in [2.05, 4.69) is 13.8 Å². The van der Waals surface area contributed by atoms with E-state index in [1.165, 1.54) is 19.3 Å². The van der Waals surface area contributed by atoms with Gasteiger partial charge in [0.15, 0.2) is 0 Å². The Morgan fingerprint density at radius 2 is 1.44 bits per heavy atom. The zero-order valence-corrected chi connectivity index (χ0v) is 11.4. The third kappa shape index (κ3) is 2.10. The quantitative estimate of drug-likeness (QED) is 0.723. The molecule has 4 aliphatic rings. The molecule has 102 valence electrons. The van der Waals surface area contributed by atoms with Crippen molar-refractivity contribution in [3.8, 4) is 0 Å². The molecule has 0 amide bonds. The SMILES string of the molecule is CC1CC2OC2CC1COC1CC2OC2CC1C. The molecule has 0 aromatic carbocycles. The summed E-state index contributed by atoms with van der Waals surface area (Å²) in [5.41, 5.74) is 0. The summed E-state index contributed by atoms with van der Waals surface area (Å²) in [5, 5.41) is 0. The van der Waals surface area contributed by atoms with Crippen LogP contribution in [0.4, 0.5) is 0 Å². The lowest BCUT2D eigenvalue weighted by Gasteiger charge is -2.31. The maximum Gasteiger partial charge on any atom is 0.0866 e. The van der Waals surface area contributed by atoms with E-state index in [-0.39, 0.29) is 0 Å². The van der Waals surface area contributed by atoms with Gasteiger partial charge in [-0.15, -0.1) is 0 Å². The number of rotatable bonds is 3. The average Bonchev–Trinajstić information content (AvgIpc) is 3.20. The van der Waals surface area contributed by atoms with Gasteiger partial charge in [-0.1, -0.05) is 13.8 Å². The molecule has 8 atom stereocenters. The van der Waals surface area contributed by atoms with Crippen LogP contribution in [0.3, 0.4) is 0 Å². The molecular weight excluding hydrogens is 228 g/mol. The van der Waals surface area contributed by atoms with Crippen molar-refractivity contribution in [2.24, 2.45) is 17.8 Å². The molecule has 2 saturated carbocycles. The normalized spacial score (nSPS) is 57.7. The zero-order valence-electron chi connectivity index (χ0n) is 11.4. The van der Waals surface area contributed by atoms with Crippen molar-refractivity contribution in [1.82, 2.24) is 0 Å². The van der Waals surface area contributed by atoms with Crippen molar-refractivity contribution in [3.63, 3.8) is 0 Å². The maximum absolute atomic E-state index is 6.23. The molecule has 18 heavy (non-hydrogen) atoms. The van der Waals surface area contributed by atoms with Crippen LogP contribution in [0.5, 0.6) is 0 Å². The molecule has 3 heteroatoms. The van der Waals surface area contributed by atoms with Crippen molar-refractivity contribution in [2.45, 2.75) is 70.1 Å². The Balaban J connectivity index is 1.29. The predicted molar refractivity (Wildman–Crippen MR) is 67.3 cm³/mol. The molecule has 0 radical (unpaired) electrons. The summed E-state index contributed by atoms with van der Waals surface area (Å²) < 4.78 is 17.5. The van der Waals surface area contributed by atoms with E-state index in [9.17, 15) is 0 Å². The molecular formula is C15H24O3. The topological polar surface area (TPSA) is 34.3 Å². The average molecular weight is 252 g/mol. The maximum atomic E-state index is 6.23. The Kier molecular flexibility index (Phi) is 2.72. The van der Waals surface area contributed by atoms with Crippen LogP contribution >= 0.6 is 0 Å². The number of fused-ring (bicyclic) bond motifs is 2. The van der Waals surface area contributed by atoms with E-state index in [1.807, 2.05) is 0 Å². The molecule has 2 aliphatic carbocycles. The third-order valence-electron chi connectivity index (χ3n) is 5.55. The van der Waals surface area contributed by atoms with Gasteiger partial charge in [-0.3, -0.25) is 0 Å². The van der Waals surface area contributed by atoms with Gasteiger partial charge in [0, 0.05) is 6.42 Å². The first kappa shape index (κ1) is 11.7. The Hall–Kier alpha value is -0.120. The lowest BCUT2D eigenvalue weighted by atomic mass is 9.81. The van der Waals surface area contributed by atoms with E-state index in [0.717, 1.165) is 18.9 Å². The molecule has 4 rings (SSSR count). The summed E-state index contributed by atoms with van der Waals surface area (Å²) in [6, 6.07) is 0. The van der Waals surface area contributed by atoms with E-state index in [4.69, 9.17) is 14.2 Å². The van der Waals surface area contributed by atoms with Crippen LogP contribution in [0, 0.1) is 17.8 Å². The van der Waals surface area contributed by atoms with Gasteiger partial charge < -0.3 is 14.2 Å². The minimum atomic E-state index is 0.429. The van der Waals surface area contributed by atoms with Crippen LogP contribution in [0.2, 0.25) is 0 Å². The molecule has 0 bridgehead atoms. The second-order valence-corrected chi connectivity index (χ2v) is 6.96. The number of epoxide rings is 2. The second-order valence-electron chi connectivity index (χ2n) is 6.96. The summed E-state index contributed by atoms with van der Waals surface area (Å²) in [6.07, 6.45) is 7.44. The fourth-order valence-corrected chi connectivity index (χ4v) is 3.97. The summed E-state index contributed by atoms with van der Waals surface area (Å²) in [6.45, 7) is 5.60. The van der Waals surface area contributed by atoms with Gasteiger partial charge in [-0.25, -0.2) is 0 Å². The van der Waals surface area contributed by atoms with Gasteiger partial charge in [0.1, 0.15) is 0 Å². The first-order valence-electron chi connectivity index (χ1n) is 7.63. The fraction of sp³-hybridized carbons (Fsp3) is 1.00. The lowest BCUT2D eigenvalue weighted by molar-refractivity contribution is -0.0290. The second kappa shape index (κ2) is 4.19. The van der Waals surface area contributed by atoms with Gasteiger partial charge >= 0.3 is 0 Å². The Bertz CT molecular complexity index is 300. The molecule has 0 aromatic rings. The summed E-state index contributed by atoms with van der Waals surface area (Å²) in [7, 11) is 0. The van der Waals surface area contributed by atoms with Gasteiger partial charge in [-0.2, -0.15) is 0 Å². The molecule has 2 heterocycles. The van der Waals surface area contributed by atoms with Gasteiger partial charge in [0.2, 0.25) is 0 Å². The number of hydrogen-bond acceptors (Lipinski definition) is 3. The van der Waals surface area contributed by atoms with E-state index in [1.54, 1.807) is 0 Å². The first-order chi connectivity index (χ1) is 8.70. The van der Waals surface area contributed by atoms with Crippen LogP contribution in [-0.4, -0.2) is 37.1 Å². The van der Waals surface area contributed by atoms with E-state index >= 15 is 0 Å². The van der Waals surface area contributed by atoms with Crippen molar-refractivity contribution < 1.29 is 14.2 Å². The van der Waals surface area contributed by atoms with Crippen molar-refractivity contribution >= 4 is 0 Å². The summed E-state index contributed by atoms with van der Waals surface area (Å²) in [4.78, 5) is 0. The molecule has 2 aliphatic heterocycles. The fourth-order valence-electron chi connectivity index (χ4n) is 3.97. The van der Waals surface area contributed by atoms with Crippen LogP contribution in [0.25, 0.3) is 0 Å². The smallest absolute Gasteiger partial charge is 0.0866 e. The molecule has 0 spiro atoms. The Morgan fingerprint density at radius 3 is 2.22 bits per heavy atom. The number of ether oxygens (including phenoxy) is 3. The molecule has 3 nitrogen and oxygen atoms in total. The Labute approximate surface area is 109 Å². The van der Waals surface area contributed by atoms with Crippen LogP contribution < -0.4 is 0 Å². The molecule has 2 saturated heterocycles. The highest BCUT2D eigenvalue weighted by Crippen LogP contribution is 2.44. The molecule has 8 unspecified atom stereocenters. The third-order valence-corrected chi connectivity index (χ3v) is 5.55. The van der Waals surface area contributed by atoms with E-state index in [0.29, 0.717) is 42.4 Å². The summed E-state index contributed by atoms with van der Waals surface area (Å²) in [5.74, 6) is 2.13. The number of hydrogen-bond donors (Lipinski definition) is 0. The zero-order chi connectivity index (χ0) is 12.3. The standard InChI is InChI=1S/C15H24O3/c1-8-3-12-14(17-12)5-10(8)7-16-11-6-15-13(18-15)4-9(11)2/h8-15H,3-7H2,1-2H3. The van der Waals surface area contributed by atoms with E-state index < -0.39 is 0 Å². The summed E-state index contributed by atoms with van der Waals surface area (Å²) >= 11 is 0. The first-order valence-corrected chi connectivity index (χ1v) is 7.63. The lowest BCUT2D eigenvalue weighted by Crippen LogP contribution is -2.34. The largest absolute Gasteiger partial charge is 0.378 e.